The molecule has 1 unspecified atom stereocenters. The Hall–Kier alpha value is -4.43. The number of alkyl halides is 4. The lowest BCUT2D eigenvalue weighted by Gasteiger charge is -2.25. The fourth-order valence-electron chi connectivity index (χ4n) is 5.27. The van der Waals surface area contributed by atoms with Crippen LogP contribution in [0.15, 0.2) is 54.9 Å². The molecule has 220 valence electrons. The molecule has 1 aromatic carbocycles. The Morgan fingerprint density at radius 3 is 2.62 bits per heavy atom. The van der Waals surface area contributed by atoms with Crippen molar-refractivity contribution in [2.45, 2.75) is 32.2 Å². The van der Waals surface area contributed by atoms with Gasteiger partial charge in [0, 0.05) is 43.7 Å². The molecule has 0 spiro atoms. The normalized spacial score (nSPS) is 15.0. The molecule has 42 heavy (non-hydrogen) atoms. The first-order valence-electron chi connectivity index (χ1n) is 13.2. The number of aromatic nitrogens is 6. The van der Waals surface area contributed by atoms with Gasteiger partial charge in [-0.25, -0.2) is 18.4 Å². The maximum Gasteiger partial charge on any atom is 0.388 e. The van der Waals surface area contributed by atoms with Crippen molar-refractivity contribution in [3.63, 3.8) is 0 Å². The number of hydrogen-bond donors (Lipinski definition) is 2. The van der Waals surface area contributed by atoms with E-state index in [2.05, 4.69) is 15.5 Å². The van der Waals surface area contributed by atoms with Crippen molar-refractivity contribution < 1.29 is 32.1 Å². The highest BCUT2D eigenvalue weighted by Gasteiger charge is 2.36. The Morgan fingerprint density at radius 1 is 1.07 bits per heavy atom. The summed E-state index contributed by atoms with van der Waals surface area (Å²) < 4.78 is 71.2. The maximum atomic E-state index is 14.6. The van der Waals surface area contributed by atoms with E-state index in [1.807, 2.05) is 41.1 Å². The highest BCUT2D eigenvalue weighted by atomic mass is 19.3. The number of fused-ring (bicyclic) bond motifs is 2. The third-order valence-electron chi connectivity index (χ3n) is 6.96. The van der Waals surface area contributed by atoms with Crippen molar-refractivity contribution in [2.75, 3.05) is 19.8 Å². The zero-order valence-electron chi connectivity index (χ0n) is 22.4. The number of aryl methyl sites for hydroxylation is 1. The summed E-state index contributed by atoms with van der Waals surface area (Å²) in [5.41, 5.74) is 1.45. The number of pyridine rings is 1. The van der Waals surface area contributed by atoms with Crippen LogP contribution in [0.2, 0.25) is 0 Å². The van der Waals surface area contributed by atoms with Crippen LogP contribution in [0.5, 0.6) is 11.8 Å². The second-order valence-corrected chi connectivity index (χ2v) is 9.83. The lowest BCUT2D eigenvalue weighted by Crippen LogP contribution is -2.43. The lowest BCUT2D eigenvalue weighted by molar-refractivity contribution is -0.0527. The highest BCUT2D eigenvalue weighted by Crippen LogP contribution is 2.49. The molecule has 0 saturated heterocycles. The molecule has 0 amide bonds. The Bertz CT molecular complexity index is 1650. The van der Waals surface area contributed by atoms with E-state index in [0.717, 1.165) is 5.56 Å². The van der Waals surface area contributed by atoms with E-state index in [1.165, 1.54) is 15.6 Å². The van der Waals surface area contributed by atoms with Gasteiger partial charge in [-0.05, 0) is 17.7 Å². The van der Waals surface area contributed by atoms with Crippen LogP contribution in [-0.4, -0.2) is 66.6 Å². The highest BCUT2D eigenvalue weighted by molar-refractivity contribution is 5.97. The first-order valence-corrected chi connectivity index (χ1v) is 13.2. The fraction of sp³-hybridized carbons (Fsp3) is 0.321. The van der Waals surface area contributed by atoms with Crippen molar-refractivity contribution in [3.05, 3.63) is 66.1 Å². The van der Waals surface area contributed by atoms with Gasteiger partial charge in [-0.1, -0.05) is 30.3 Å². The summed E-state index contributed by atoms with van der Waals surface area (Å²) >= 11 is 0. The lowest BCUT2D eigenvalue weighted by atomic mass is 9.98. The number of nitrogens with one attached hydrogen (secondary N) is 1. The molecule has 6 rings (SSSR count). The van der Waals surface area contributed by atoms with E-state index in [1.54, 1.807) is 19.2 Å². The summed E-state index contributed by atoms with van der Waals surface area (Å²) in [6, 6.07) is 12.9. The minimum Gasteiger partial charge on any atom is -0.476 e. The summed E-state index contributed by atoms with van der Waals surface area (Å²) in [4.78, 5) is 4.84. The predicted molar refractivity (Wildman–Crippen MR) is 144 cm³/mol. The second-order valence-electron chi connectivity index (χ2n) is 9.83. The van der Waals surface area contributed by atoms with Gasteiger partial charge in [0.25, 0.3) is 6.43 Å². The minimum absolute atomic E-state index is 0.0325. The zero-order valence-corrected chi connectivity index (χ0v) is 22.4. The summed E-state index contributed by atoms with van der Waals surface area (Å²) in [5, 5.41) is 20.5. The van der Waals surface area contributed by atoms with Crippen LogP contribution in [0.1, 0.15) is 17.7 Å². The van der Waals surface area contributed by atoms with Crippen molar-refractivity contribution >= 4 is 0 Å². The molecule has 14 heteroatoms. The second kappa shape index (κ2) is 11.4. The van der Waals surface area contributed by atoms with Gasteiger partial charge >= 0.3 is 6.61 Å². The van der Waals surface area contributed by atoms with Crippen molar-refractivity contribution in [2.24, 2.45) is 7.05 Å². The van der Waals surface area contributed by atoms with E-state index >= 15 is 0 Å². The number of halogens is 4. The van der Waals surface area contributed by atoms with Gasteiger partial charge in [0.15, 0.2) is 0 Å². The smallest absolute Gasteiger partial charge is 0.388 e. The van der Waals surface area contributed by atoms with Crippen LogP contribution >= 0.6 is 0 Å². The number of benzene rings is 1. The monoisotopic (exact) mass is 585 g/mol. The maximum absolute atomic E-state index is 14.6. The fourth-order valence-corrected chi connectivity index (χ4v) is 5.27. The van der Waals surface area contributed by atoms with E-state index in [0.29, 0.717) is 24.5 Å². The van der Waals surface area contributed by atoms with E-state index < -0.39 is 18.7 Å². The molecule has 0 bridgehead atoms. The van der Waals surface area contributed by atoms with Crippen LogP contribution in [0, 0.1) is 0 Å². The zero-order chi connectivity index (χ0) is 29.4. The van der Waals surface area contributed by atoms with Gasteiger partial charge in [-0.3, -0.25) is 4.68 Å². The van der Waals surface area contributed by atoms with Crippen LogP contribution in [0.25, 0.3) is 33.8 Å². The Morgan fingerprint density at radius 2 is 1.88 bits per heavy atom. The minimum atomic E-state index is -3.16. The SMILES string of the molecule is Cn1cc(-c2c3cccn(Cc4ccccc4)c-3nc2-c2c(C(F)F)nn3c2OCC(NCCO)C3)c(OC(F)F)n1. The van der Waals surface area contributed by atoms with Gasteiger partial charge in [-0.2, -0.15) is 13.9 Å². The Labute approximate surface area is 237 Å². The average molecular weight is 586 g/mol. The summed E-state index contributed by atoms with van der Waals surface area (Å²) in [7, 11) is 1.55. The number of rotatable bonds is 10. The van der Waals surface area contributed by atoms with Crippen LogP contribution in [0.3, 0.4) is 0 Å². The van der Waals surface area contributed by atoms with E-state index in [9.17, 15) is 17.6 Å². The molecule has 5 heterocycles. The molecule has 1 atom stereocenters. The number of nitrogens with zero attached hydrogens (tertiary/aromatic N) is 6. The number of hydrogen-bond acceptors (Lipinski definition) is 7. The molecular weight excluding hydrogens is 558 g/mol. The van der Waals surface area contributed by atoms with Gasteiger partial charge in [0.1, 0.15) is 18.1 Å². The van der Waals surface area contributed by atoms with Gasteiger partial charge < -0.3 is 24.5 Å². The van der Waals surface area contributed by atoms with Crippen LogP contribution < -0.4 is 14.8 Å². The molecule has 0 aliphatic carbocycles. The summed E-state index contributed by atoms with van der Waals surface area (Å²) in [5.74, 6) is 0.165. The summed E-state index contributed by atoms with van der Waals surface area (Å²) in [6.45, 7) is -2.19. The third-order valence-corrected chi connectivity index (χ3v) is 6.96. The molecular formula is C28H27F4N7O3. The quantitative estimate of drug-likeness (QED) is 0.237. The number of ether oxygens (including phenoxy) is 2. The molecule has 0 radical (unpaired) electrons. The summed E-state index contributed by atoms with van der Waals surface area (Å²) in [6.07, 6.45) is 0.311. The molecule has 2 aromatic heterocycles. The standard InChI is InChI=1S/C28H27F4N7O3/c1-37-14-19(26(36-37)42-28(31)32)20-18-8-5-10-38(12-16-6-3-2-4-7-16)25(18)34-22(20)21-23(24(29)30)35-39-13-17(33-9-11-40)15-41-27(21)39/h2-8,10,14,17,24,28,33,40H,9,11-13,15H2,1H3. The number of aliphatic hydroxyl groups excluding tert-OH is 1. The Balaban J connectivity index is 1.57. The largest absolute Gasteiger partial charge is 0.476 e. The van der Waals surface area contributed by atoms with Crippen molar-refractivity contribution in [3.8, 4) is 45.5 Å². The molecule has 0 fully saturated rings. The Kier molecular flexibility index (Phi) is 7.56. The average Bonchev–Trinajstić information content (AvgIpc) is 3.64. The predicted octanol–water partition coefficient (Wildman–Crippen LogP) is 4.18. The number of aliphatic hydroxyl groups is 1. The van der Waals surface area contributed by atoms with Crippen LogP contribution in [-0.2, 0) is 20.1 Å². The van der Waals surface area contributed by atoms with Crippen LogP contribution in [0.4, 0.5) is 17.6 Å². The molecule has 2 N–H and O–H groups in total. The molecule has 0 saturated carbocycles. The van der Waals surface area contributed by atoms with Gasteiger partial charge in [0.05, 0.1) is 36.0 Å². The molecule has 3 aromatic rings. The van der Waals surface area contributed by atoms with Crippen molar-refractivity contribution in [1.29, 1.82) is 0 Å². The first kappa shape index (κ1) is 27.7. The first-order chi connectivity index (χ1) is 20.3. The molecule has 10 nitrogen and oxygen atoms in total. The topological polar surface area (TPSA) is 104 Å². The van der Waals surface area contributed by atoms with Gasteiger partial charge in [-0.15, -0.1) is 5.10 Å². The van der Waals surface area contributed by atoms with E-state index in [4.69, 9.17) is 19.6 Å². The third kappa shape index (κ3) is 5.18. The van der Waals surface area contributed by atoms with Crippen molar-refractivity contribution in [1.82, 2.24) is 34.4 Å². The molecule has 3 aliphatic heterocycles. The van der Waals surface area contributed by atoms with E-state index in [-0.39, 0.29) is 59.9 Å². The van der Waals surface area contributed by atoms with Gasteiger partial charge in [0.2, 0.25) is 11.8 Å². The molecule has 3 aliphatic rings.